The second-order valence-corrected chi connectivity index (χ2v) is 7.21. The molecule has 0 aromatic carbocycles. The maximum absolute atomic E-state index is 12.2. The van der Waals surface area contributed by atoms with Crippen molar-refractivity contribution >= 4 is 46.1 Å². The summed E-state index contributed by atoms with van der Waals surface area (Å²) in [6.07, 6.45) is -3.71. The van der Waals surface area contributed by atoms with Gasteiger partial charge in [-0.25, -0.2) is 4.79 Å². The van der Waals surface area contributed by atoms with Gasteiger partial charge in [0, 0.05) is 24.5 Å². The molecule has 0 aliphatic carbocycles. The number of H-pyrrole nitrogens is 1. The van der Waals surface area contributed by atoms with Gasteiger partial charge in [-0.2, -0.15) is 0 Å². The Hall–Kier alpha value is -1.44. The number of alkyl halides is 2. The molecule has 1 aromatic rings. The first-order valence-corrected chi connectivity index (χ1v) is 9.81. The van der Waals surface area contributed by atoms with E-state index in [9.17, 15) is 24.3 Å². The van der Waals surface area contributed by atoms with Crippen LogP contribution in [0, 0.1) is 0 Å². The molecule has 1 aromatic heterocycles. The van der Waals surface area contributed by atoms with Crippen LogP contribution in [-0.2, 0) is 23.8 Å². The van der Waals surface area contributed by atoms with E-state index in [1.807, 2.05) is 22.6 Å². The normalized spacial score (nSPS) is 25.8. The number of carbonyl (C=O) groups is 2. The smallest absolute Gasteiger partial charge is 0.330 e. The van der Waals surface area contributed by atoms with Crippen molar-refractivity contribution in [3.05, 3.63) is 32.6 Å². The highest BCUT2D eigenvalue weighted by Gasteiger charge is 2.48. The molecule has 27 heavy (non-hydrogen) atoms. The number of hydrogen-bond donors (Lipinski definition) is 2. The summed E-state index contributed by atoms with van der Waals surface area (Å²) in [5, 5.41) is 9.87. The summed E-state index contributed by atoms with van der Waals surface area (Å²) >= 11 is 8.09. The molecule has 0 radical (unpaired) electrons. The van der Waals surface area contributed by atoms with E-state index in [4.69, 9.17) is 25.8 Å². The fraction of sp³-hybridized carbons (Fsp3) is 0.600. The second-order valence-electron chi connectivity index (χ2n) is 5.81. The number of aromatic amines is 1. The van der Waals surface area contributed by atoms with Crippen LogP contribution in [0.5, 0.6) is 0 Å². The molecule has 0 spiro atoms. The fourth-order valence-corrected chi connectivity index (χ4v) is 3.25. The van der Waals surface area contributed by atoms with Gasteiger partial charge in [0.2, 0.25) is 0 Å². The Morgan fingerprint density at radius 1 is 1.41 bits per heavy atom. The minimum absolute atomic E-state index is 0.119. The number of ether oxygens (including phenoxy) is 3. The standard InChI is InChI=1S/C15H18ClIN2O8/c1-6(20)25-5-10-12(26-7(2)21)11(22)14(27-10)19-4-8(9(16)3-17)13(23)18-15(19)24/h4,9-12,14,22H,3,5H2,1-2H3,(H,18,23,24)/t9?,10-,11-,12-,14-/m1/s1. The quantitative estimate of drug-likeness (QED) is 0.306. The van der Waals surface area contributed by atoms with Crippen molar-refractivity contribution in [3.8, 4) is 0 Å². The lowest BCUT2D eigenvalue weighted by Crippen LogP contribution is -2.40. The summed E-state index contributed by atoms with van der Waals surface area (Å²) in [6, 6.07) is 0. The minimum atomic E-state index is -1.45. The molecule has 0 bridgehead atoms. The van der Waals surface area contributed by atoms with Gasteiger partial charge in [-0.05, 0) is 0 Å². The first-order chi connectivity index (χ1) is 12.6. The summed E-state index contributed by atoms with van der Waals surface area (Å²) in [5.74, 6) is -1.27. The largest absolute Gasteiger partial charge is 0.463 e. The van der Waals surface area contributed by atoms with Gasteiger partial charge in [-0.3, -0.25) is 23.9 Å². The molecule has 150 valence electrons. The van der Waals surface area contributed by atoms with E-state index in [2.05, 4.69) is 4.98 Å². The van der Waals surface area contributed by atoms with E-state index >= 15 is 0 Å². The van der Waals surface area contributed by atoms with Gasteiger partial charge in [-0.1, -0.05) is 22.6 Å². The fourth-order valence-electron chi connectivity index (χ4n) is 2.62. The number of aromatic nitrogens is 2. The number of esters is 2. The molecule has 1 fully saturated rings. The zero-order valence-corrected chi connectivity index (χ0v) is 17.3. The van der Waals surface area contributed by atoms with Crippen LogP contribution in [0.25, 0.3) is 0 Å². The highest BCUT2D eigenvalue weighted by molar-refractivity contribution is 14.1. The van der Waals surface area contributed by atoms with Crippen molar-refractivity contribution in [2.24, 2.45) is 0 Å². The number of rotatable bonds is 6. The zero-order chi connectivity index (χ0) is 20.3. The number of carbonyl (C=O) groups excluding carboxylic acids is 2. The van der Waals surface area contributed by atoms with Crippen LogP contribution in [0.1, 0.15) is 31.0 Å². The van der Waals surface area contributed by atoms with Crippen LogP contribution >= 0.6 is 34.2 Å². The highest BCUT2D eigenvalue weighted by Crippen LogP contribution is 2.31. The molecular weight excluding hydrogens is 499 g/mol. The Bertz CT molecular complexity index is 825. The Balaban J connectivity index is 2.39. The average Bonchev–Trinajstić information content (AvgIpc) is 2.88. The molecule has 12 heteroatoms. The van der Waals surface area contributed by atoms with Gasteiger partial charge >= 0.3 is 17.6 Å². The predicted molar refractivity (Wildman–Crippen MR) is 101 cm³/mol. The lowest BCUT2D eigenvalue weighted by atomic mass is 10.1. The summed E-state index contributed by atoms with van der Waals surface area (Å²) < 4.78 is 16.9. The molecule has 2 N–H and O–H groups in total. The van der Waals surface area contributed by atoms with Crippen LogP contribution in [0.15, 0.2) is 15.8 Å². The highest BCUT2D eigenvalue weighted by atomic mass is 127. The van der Waals surface area contributed by atoms with Gasteiger partial charge in [0.25, 0.3) is 5.56 Å². The summed E-state index contributed by atoms with van der Waals surface area (Å²) in [6.45, 7) is 2.04. The van der Waals surface area contributed by atoms with E-state index < -0.39 is 53.1 Å². The number of nitrogens with zero attached hydrogens (tertiary/aromatic N) is 1. The molecule has 0 amide bonds. The third-order valence-electron chi connectivity index (χ3n) is 3.80. The number of nitrogens with one attached hydrogen (secondary N) is 1. The van der Waals surface area contributed by atoms with Crippen molar-refractivity contribution in [1.82, 2.24) is 9.55 Å². The summed E-state index contributed by atoms with van der Waals surface area (Å²) in [7, 11) is 0. The number of hydrogen-bond acceptors (Lipinski definition) is 8. The van der Waals surface area contributed by atoms with Crippen LogP contribution in [0.3, 0.4) is 0 Å². The van der Waals surface area contributed by atoms with Crippen molar-refractivity contribution < 1.29 is 28.9 Å². The SMILES string of the molecule is CC(=O)OC[C@H]1O[C@@H](n2cc(C(Cl)CI)c(=O)[nH]c2=O)[C@H](O)[C@@H]1OC(C)=O. The van der Waals surface area contributed by atoms with Crippen LogP contribution in [-0.4, -0.2) is 55.9 Å². The molecule has 5 atom stereocenters. The first kappa shape index (κ1) is 21.9. The van der Waals surface area contributed by atoms with Crippen molar-refractivity contribution in [1.29, 1.82) is 0 Å². The molecule has 1 aliphatic rings. The Morgan fingerprint density at radius 2 is 2.07 bits per heavy atom. The van der Waals surface area contributed by atoms with Crippen molar-refractivity contribution in [3.63, 3.8) is 0 Å². The van der Waals surface area contributed by atoms with E-state index in [0.29, 0.717) is 4.43 Å². The van der Waals surface area contributed by atoms with Gasteiger partial charge < -0.3 is 19.3 Å². The maximum Gasteiger partial charge on any atom is 0.330 e. The van der Waals surface area contributed by atoms with Gasteiger partial charge in [0.05, 0.1) is 10.9 Å². The third-order valence-corrected chi connectivity index (χ3v) is 5.60. The van der Waals surface area contributed by atoms with Gasteiger partial charge in [0.15, 0.2) is 12.3 Å². The molecule has 10 nitrogen and oxygen atoms in total. The van der Waals surface area contributed by atoms with Crippen LogP contribution < -0.4 is 11.2 Å². The molecule has 1 saturated heterocycles. The topological polar surface area (TPSA) is 137 Å². The summed E-state index contributed by atoms with van der Waals surface area (Å²) in [5.41, 5.74) is -1.36. The zero-order valence-electron chi connectivity index (χ0n) is 14.4. The Kier molecular flexibility index (Phi) is 7.42. The van der Waals surface area contributed by atoms with E-state index in [-0.39, 0.29) is 12.2 Å². The number of aliphatic hydroxyl groups excluding tert-OH is 1. The van der Waals surface area contributed by atoms with Gasteiger partial charge in [0.1, 0.15) is 18.8 Å². The average molecular weight is 517 g/mol. The lowest BCUT2D eigenvalue weighted by molar-refractivity contribution is -0.157. The van der Waals surface area contributed by atoms with Gasteiger partial charge in [-0.15, -0.1) is 11.6 Å². The van der Waals surface area contributed by atoms with E-state index in [1.54, 1.807) is 0 Å². The molecule has 1 aliphatic heterocycles. The Labute approximate surface area is 171 Å². The molecular formula is C15H18ClIN2O8. The lowest BCUT2D eigenvalue weighted by Gasteiger charge is -2.20. The maximum atomic E-state index is 12.2. The molecule has 1 unspecified atom stereocenters. The second kappa shape index (κ2) is 9.17. The monoisotopic (exact) mass is 516 g/mol. The van der Waals surface area contributed by atoms with E-state index in [1.165, 1.54) is 13.1 Å². The molecule has 0 saturated carbocycles. The predicted octanol–water partition coefficient (Wildman–Crippen LogP) is 0.00460. The first-order valence-electron chi connectivity index (χ1n) is 7.85. The third kappa shape index (κ3) is 5.09. The van der Waals surface area contributed by atoms with Crippen LogP contribution in [0.4, 0.5) is 0 Å². The minimum Gasteiger partial charge on any atom is -0.463 e. The number of halogens is 2. The Morgan fingerprint density at radius 3 is 2.63 bits per heavy atom. The van der Waals surface area contributed by atoms with Crippen molar-refractivity contribution in [2.45, 2.75) is 43.8 Å². The summed E-state index contributed by atoms with van der Waals surface area (Å²) in [4.78, 5) is 48.7. The molecule has 2 rings (SSSR count). The van der Waals surface area contributed by atoms with Crippen molar-refractivity contribution in [2.75, 3.05) is 11.0 Å². The molecule has 2 heterocycles. The van der Waals surface area contributed by atoms with E-state index in [0.717, 1.165) is 11.5 Å². The number of aliphatic hydroxyl groups is 1. The van der Waals surface area contributed by atoms with Crippen LogP contribution in [0.2, 0.25) is 0 Å².